The molecule has 0 atom stereocenters. The first-order valence-corrected chi connectivity index (χ1v) is 5.24. The highest BCUT2D eigenvalue weighted by Gasteiger charge is 2.30. The molecule has 0 radical (unpaired) electrons. The lowest BCUT2D eigenvalue weighted by atomic mass is 9.79. The van der Waals surface area contributed by atoms with E-state index in [9.17, 15) is 4.79 Å². The van der Waals surface area contributed by atoms with Gasteiger partial charge in [0.1, 0.15) is 5.82 Å². The van der Waals surface area contributed by atoms with Gasteiger partial charge in [-0.2, -0.15) is 5.10 Å². The summed E-state index contributed by atoms with van der Waals surface area (Å²) >= 11 is 0. The van der Waals surface area contributed by atoms with Crippen molar-refractivity contribution in [2.75, 3.05) is 5.73 Å². The number of hydrogen-bond donors (Lipinski definition) is 2. The number of carboxylic acids is 1. The second-order valence-corrected chi connectivity index (χ2v) is 3.90. The molecule has 0 unspecified atom stereocenters. The van der Waals surface area contributed by atoms with Gasteiger partial charge in [0, 0.05) is 12.1 Å². The van der Waals surface area contributed by atoms with E-state index in [4.69, 9.17) is 10.8 Å². The third kappa shape index (κ3) is 1.48. The molecule has 0 aromatic carbocycles. The van der Waals surface area contributed by atoms with Gasteiger partial charge in [-0.3, -0.25) is 0 Å². The van der Waals surface area contributed by atoms with E-state index in [1.807, 2.05) is 6.92 Å². The summed E-state index contributed by atoms with van der Waals surface area (Å²) in [4.78, 5) is 11.0. The molecule has 0 amide bonds. The summed E-state index contributed by atoms with van der Waals surface area (Å²) in [5.41, 5.74) is 6.78. The number of rotatable bonds is 3. The molecule has 0 spiro atoms. The Balaban J connectivity index is 2.47. The molecule has 5 heteroatoms. The van der Waals surface area contributed by atoms with Crippen LogP contribution in [-0.2, 0) is 6.54 Å². The first kappa shape index (κ1) is 10.0. The zero-order valence-electron chi connectivity index (χ0n) is 8.73. The fraction of sp³-hybridized carbons (Fsp3) is 0.600. The van der Waals surface area contributed by atoms with Gasteiger partial charge in [-0.1, -0.05) is 6.42 Å². The van der Waals surface area contributed by atoms with Gasteiger partial charge in [-0.15, -0.1) is 0 Å². The number of nitrogen functional groups attached to an aromatic ring is 1. The van der Waals surface area contributed by atoms with Crippen LogP contribution in [0.5, 0.6) is 0 Å². The molecule has 0 saturated heterocycles. The fourth-order valence-corrected chi connectivity index (χ4v) is 1.99. The summed E-state index contributed by atoms with van der Waals surface area (Å²) < 4.78 is 1.57. The van der Waals surface area contributed by atoms with Crippen LogP contribution in [0.1, 0.15) is 48.2 Å². The predicted molar refractivity (Wildman–Crippen MR) is 55.9 cm³/mol. The highest BCUT2D eigenvalue weighted by Crippen LogP contribution is 2.40. The number of carbonyl (C=O) groups is 1. The van der Waals surface area contributed by atoms with Crippen molar-refractivity contribution < 1.29 is 9.90 Å². The van der Waals surface area contributed by atoms with E-state index in [1.54, 1.807) is 4.68 Å². The summed E-state index contributed by atoms with van der Waals surface area (Å²) in [5, 5.41) is 13.1. The van der Waals surface area contributed by atoms with E-state index < -0.39 is 5.97 Å². The third-order valence-electron chi connectivity index (χ3n) is 3.05. The number of carboxylic acid groups (broad SMARTS) is 1. The van der Waals surface area contributed by atoms with Crippen LogP contribution in [0.3, 0.4) is 0 Å². The molecule has 3 N–H and O–H groups in total. The van der Waals surface area contributed by atoms with Crippen molar-refractivity contribution in [3.8, 4) is 0 Å². The lowest BCUT2D eigenvalue weighted by Crippen LogP contribution is -2.14. The summed E-state index contributed by atoms with van der Waals surface area (Å²) in [6, 6.07) is 0. The van der Waals surface area contributed by atoms with E-state index >= 15 is 0 Å². The smallest absolute Gasteiger partial charge is 0.356 e. The Kier molecular flexibility index (Phi) is 2.38. The fourth-order valence-electron chi connectivity index (χ4n) is 1.99. The van der Waals surface area contributed by atoms with Crippen molar-refractivity contribution in [2.24, 2.45) is 0 Å². The van der Waals surface area contributed by atoms with Crippen molar-refractivity contribution in [3.63, 3.8) is 0 Å². The van der Waals surface area contributed by atoms with Gasteiger partial charge in [-0.25, -0.2) is 9.48 Å². The zero-order valence-corrected chi connectivity index (χ0v) is 8.73. The number of aromatic carboxylic acids is 1. The van der Waals surface area contributed by atoms with Crippen molar-refractivity contribution in [1.29, 1.82) is 0 Å². The maximum absolute atomic E-state index is 11.0. The van der Waals surface area contributed by atoms with Gasteiger partial charge in [0.05, 0.1) is 0 Å². The summed E-state index contributed by atoms with van der Waals surface area (Å²) in [7, 11) is 0. The van der Waals surface area contributed by atoms with E-state index in [2.05, 4.69) is 5.10 Å². The molecule has 1 aliphatic rings. The molecule has 82 valence electrons. The molecule has 15 heavy (non-hydrogen) atoms. The number of anilines is 1. The second-order valence-electron chi connectivity index (χ2n) is 3.90. The zero-order chi connectivity index (χ0) is 11.0. The average Bonchev–Trinajstić information content (AvgIpc) is 2.42. The standard InChI is InChI=1S/C10H15N3O2/c1-2-13-9(11)7(6-4-3-5-6)8(12-13)10(14)15/h6H,2-5,11H2,1H3,(H,14,15). The molecule has 1 aliphatic carbocycles. The molecule has 5 nitrogen and oxygen atoms in total. The Morgan fingerprint density at radius 3 is 2.73 bits per heavy atom. The summed E-state index contributed by atoms with van der Waals surface area (Å²) in [6.07, 6.45) is 3.21. The normalized spacial score (nSPS) is 16.3. The number of nitrogens with two attached hydrogens (primary N) is 1. The van der Waals surface area contributed by atoms with Crippen LogP contribution in [-0.4, -0.2) is 20.9 Å². The van der Waals surface area contributed by atoms with E-state index in [-0.39, 0.29) is 5.69 Å². The Morgan fingerprint density at radius 1 is 1.67 bits per heavy atom. The lowest BCUT2D eigenvalue weighted by molar-refractivity contribution is 0.0687. The van der Waals surface area contributed by atoms with Gasteiger partial charge >= 0.3 is 5.97 Å². The lowest BCUT2D eigenvalue weighted by Gasteiger charge is -2.25. The molecule has 1 fully saturated rings. The van der Waals surface area contributed by atoms with Crippen LogP contribution < -0.4 is 5.73 Å². The number of hydrogen-bond acceptors (Lipinski definition) is 3. The molecule has 1 saturated carbocycles. The van der Waals surface area contributed by atoms with Crippen LogP contribution in [0.25, 0.3) is 0 Å². The number of nitrogens with zero attached hydrogens (tertiary/aromatic N) is 2. The molecule has 0 bridgehead atoms. The molecule has 1 aromatic rings. The first-order chi connectivity index (χ1) is 7.15. The van der Waals surface area contributed by atoms with Crippen LogP contribution in [0.4, 0.5) is 5.82 Å². The van der Waals surface area contributed by atoms with E-state index in [1.165, 1.54) is 0 Å². The highest BCUT2D eigenvalue weighted by molar-refractivity contribution is 5.89. The van der Waals surface area contributed by atoms with Gasteiger partial charge in [0.15, 0.2) is 5.69 Å². The van der Waals surface area contributed by atoms with Crippen LogP contribution in [0.2, 0.25) is 0 Å². The molecular weight excluding hydrogens is 194 g/mol. The average molecular weight is 209 g/mol. The van der Waals surface area contributed by atoms with Crippen molar-refractivity contribution >= 4 is 11.8 Å². The molecule has 2 rings (SSSR count). The Labute approximate surface area is 87.9 Å². The second kappa shape index (κ2) is 3.56. The first-order valence-electron chi connectivity index (χ1n) is 5.24. The molecule has 1 aromatic heterocycles. The topological polar surface area (TPSA) is 81.1 Å². The van der Waals surface area contributed by atoms with Gasteiger partial charge in [0.25, 0.3) is 0 Å². The number of aromatic nitrogens is 2. The summed E-state index contributed by atoms with van der Waals surface area (Å²) in [5.74, 6) is -0.146. The van der Waals surface area contributed by atoms with E-state index in [0.29, 0.717) is 18.3 Å². The third-order valence-corrected chi connectivity index (χ3v) is 3.05. The SMILES string of the molecule is CCn1nc(C(=O)O)c(C2CCC2)c1N. The minimum absolute atomic E-state index is 0.138. The van der Waals surface area contributed by atoms with Crippen molar-refractivity contribution in [1.82, 2.24) is 9.78 Å². The predicted octanol–water partition coefficient (Wildman–Crippen LogP) is 1.45. The Bertz CT molecular complexity index is 394. The van der Waals surface area contributed by atoms with Gasteiger partial charge in [-0.05, 0) is 25.7 Å². The van der Waals surface area contributed by atoms with Crippen molar-refractivity contribution in [2.45, 2.75) is 38.6 Å². The maximum Gasteiger partial charge on any atom is 0.356 e. The Hall–Kier alpha value is -1.52. The molecular formula is C10H15N3O2. The largest absolute Gasteiger partial charge is 0.476 e. The van der Waals surface area contributed by atoms with Crippen molar-refractivity contribution in [3.05, 3.63) is 11.3 Å². The molecule has 1 heterocycles. The number of aryl methyl sites for hydroxylation is 1. The van der Waals surface area contributed by atoms with Crippen LogP contribution >= 0.6 is 0 Å². The van der Waals surface area contributed by atoms with Gasteiger partial charge in [0.2, 0.25) is 0 Å². The quantitative estimate of drug-likeness (QED) is 0.789. The minimum atomic E-state index is -0.976. The Morgan fingerprint density at radius 2 is 2.33 bits per heavy atom. The van der Waals surface area contributed by atoms with Crippen LogP contribution in [0.15, 0.2) is 0 Å². The van der Waals surface area contributed by atoms with Crippen LogP contribution in [0, 0.1) is 0 Å². The molecule has 0 aliphatic heterocycles. The monoisotopic (exact) mass is 209 g/mol. The minimum Gasteiger partial charge on any atom is -0.476 e. The maximum atomic E-state index is 11.0. The summed E-state index contributed by atoms with van der Waals surface area (Å²) in [6.45, 7) is 2.51. The van der Waals surface area contributed by atoms with Gasteiger partial charge < -0.3 is 10.8 Å². The van der Waals surface area contributed by atoms with E-state index in [0.717, 1.165) is 24.8 Å². The highest BCUT2D eigenvalue weighted by atomic mass is 16.4.